The van der Waals surface area contributed by atoms with Gasteiger partial charge in [-0.15, -0.1) is 11.3 Å². The number of ether oxygens (including phenoxy) is 2. The first-order chi connectivity index (χ1) is 12.2. The number of carboxylic acids is 1. The lowest BCUT2D eigenvalue weighted by Crippen LogP contribution is -2.26. The van der Waals surface area contributed by atoms with Gasteiger partial charge in [-0.25, -0.2) is 4.79 Å². The highest BCUT2D eigenvalue weighted by Gasteiger charge is 2.20. The molecule has 0 aliphatic heterocycles. The Kier molecular flexibility index (Phi) is 5.68. The number of hydrogen-bond acceptors (Lipinski definition) is 4. The summed E-state index contributed by atoms with van der Waals surface area (Å²) in [5.74, 6) is -0.122. The van der Waals surface area contributed by atoms with Crippen LogP contribution < -0.4 is 4.74 Å². The molecule has 1 unspecified atom stereocenters. The van der Waals surface area contributed by atoms with E-state index in [1.807, 2.05) is 53.9 Å². The van der Waals surface area contributed by atoms with Crippen molar-refractivity contribution in [3.8, 4) is 5.75 Å². The van der Waals surface area contributed by atoms with Crippen molar-refractivity contribution in [2.45, 2.75) is 26.1 Å². The van der Waals surface area contributed by atoms with Crippen LogP contribution in [0.3, 0.4) is 0 Å². The van der Waals surface area contributed by atoms with Crippen molar-refractivity contribution in [3.05, 3.63) is 65.0 Å². The first-order valence-corrected chi connectivity index (χ1v) is 9.07. The van der Waals surface area contributed by atoms with Crippen LogP contribution in [0, 0.1) is 0 Å². The van der Waals surface area contributed by atoms with Crippen LogP contribution in [0.2, 0.25) is 0 Å². The Morgan fingerprint density at radius 3 is 2.68 bits per heavy atom. The van der Waals surface area contributed by atoms with Crippen molar-refractivity contribution < 1.29 is 19.4 Å². The van der Waals surface area contributed by atoms with Crippen LogP contribution in [0.1, 0.15) is 18.1 Å². The summed E-state index contributed by atoms with van der Waals surface area (Å²) in [7, 11) is 0. The van der Waals surface area contributed by atoms with Crippen LogP contribution >= 0.6 is 11.3 Å². The van der Waals surface area contributed by atoms with Gasteiger partial charge < -0.3 is 14.6 Å². The van der Waals surface area contributed by atoms with Crippen LogP contribution in [0.5, 0.6) is 5.75 Å². The van der Waals surface area contributed by atoms with E-state index >= 15 is 0 Å². The van der Waals surface area contributed by atoms with E-state index in [4.69, 9.17) is 9.47 Å². The van der Waals surface area contributed by atoms with Gasteiger partial charge in [0.25, 0.3) is 0 Å². The minimum absolute atomic E-state index is 0.346. The summed E-state index contributed by atoms with van der Waals surface area (Å²) in [4.78, 5) is 11.3. The predicted octanol–water partition coefficient (Wildman–Crippen LogP) is 4.51. The molecule has 2 aromatic carbocycles. The normalized spacial score (nSPS) is 12.2. The van der Waals surface area contributed by atoms with E-state index in [2.05, 4.69) is 0 Å². The number of aliphatic carboxylic acids is 1. The van der Waals surface area contributed by atoms with Crippen LogP contribution in [0.25, 0.3) is 10.1 Å². The second-order valence-corrected chi connectivity index (χ2v) is 6.56. The summed E-state index contributed by atoms with van der Waals surface area (Å²) in [6, 6.07) is 15.9. The zero-order valence-electron chi connectivity index (χ0n) is 14.0. The summed E-state index contributed by atoms with van der Waals surface area (Å²) in [6.07, 6.45) is -0.481. The number of carboxylic acid groups (broad SMARTS) is 1. The van der Waals surface area contributed by atoms with Crippen LogP contribution in [0.15, 0.2) is 53.9 Å². The van der Waals surface area contributed by atoms with Gasteiger partial charge in [-0.3, -0.25) is 0 Å². The molecular formula is C20H20O4S. The molecule has 0 aliphatic carbocycles. The molecular weight excluding hydrogens is 336 g/mol. The highest BCUT2D eigenvalue weighted by Crippen LogP contribution is 2.34. The minimum atomic E-state index is -0.934. The molecule has 0 spiro atoms. The number of rotatable bonds is 8. The zero-order valence-corrected chi connectivity index (χ0v) is 14.8. The first-order valence-electron chi connectivity index (χ1n) is 8.19. The lowest BCUT2D eigenvalue weighted by atomic mass is 10.1. The summed E-state index contributed by atoms with van der Waals surface area (Å²) in [5.41, 5.74) is 2.08. The lowest BCUT2D eigenvalue weighted by molar-refractivity contribution is -0.149. The van der Waals surface area contributed by atoms with E-state index in [0.717, 1.165) is 27.0 Å². The summed E-state index contributed by atoms with van der Waals surface area (Å²) in [5, 5.41) is 12.3. The lowest BCUT2D eigenvalue weighted by Gasteiger charge is -2.14. The third kappa shape index (κ3) is 4.18. The van der Waals surface area contributed by atoms with Gasteiger partial charge in [0, 0.05) is 23.1 Å². The van der Waals surface area contributed by atoms with Gasteiger partial charge in [0.15, 0.2) is 6.10 Å². The smallest absolute Gasteiger partial charge is 0.333 e. The SMILES string of the molecule is CCOC(Cc1ccc(OCc2ccccc2)c2ccsc12)C(=O)O. The summed E-state index contributed by atoms with van der Waals surface area (Å²) >= 11 is 1.59. The van der Waals surface area contributed by atoms with Crippen molar-refractivity contribution in [1.29, 1.82) is 0 Å². The number of carbonyl (C=O) groups is 1. The average Bonchev–Trinajstić information content (AvgIpc) is 3.11. The summed E-state index contributed by atoms with van der Waals surface area (Å²) < 4.78 is 12.4. The van der Waals surface area contributed by atoms with Crippen molar-refractivity contribution in [2.24, 2.45) is 0 Å². The number of benzene rings is 2. The first kappa shape index (κ1) is 17.5. The molecule has 3 aromatic rings. The fourth-order valence-corrected chi connectivity index (χ4v) is 3.67. The van der Waals surface area contributed by atoms with Gasteiger partial charge in [-0.2, -0.15) is 0 Å². The Balaban J connectivity index is 1.81. The fourth-order valence-electron chi connectivity index (χ4n) is 2.73. The maximum atomic E-state index is 11.3. The standard InChI is InChI=1S/C20H20O4S/c1-2-23-18(20(21)22)12-15-8-9-17(16-10-11-25-19(15)16)24-13-14-6-4-3-5-7-14/h3-11,18H,2,12-13H2,1H3,(H,21,22). The molecule has 4 nitrogen and oxygen atoms in total. The second-order valence-electron chi connectivity index (χ2n) is 5.65. The highest BCUT2D eigenvalue weighted by atomic mass is 32.1. The molecule has 0 saturated heterocycles. The molecule has 0 fully saturated rings. The molecule has 3 rings (SSSR count). The molecule has 5 heteroatoms. The molecule has 0 aliphatic rings. The van der Waals surface area contributed by atoms with Crippen molar-refractivity contribution in [3.63, 3.8) is 0 Å². The second kappa shape index (κ2) is 8.14. The zero-order chi connectivity index (χ0) is 17.6. The molecule has 0 bridgehead atoms. The quantitative estimate of drug-likeness (QED) is 0.645. The van der Waals surface area contributed by atoms with E-state index < -0.39 is 12.1 Å². The summed E-state index contributed by atoms with van der Waals surface area (Å²) in [6.45, 7) is 2.68. The predicted molar refractivity (Wildman–Crippen MR) is 99.4 cm³/mol. The molecule has 0 saturated carbocycles. The maximum absolute atomic E-state index is 11.3. The van der Waals surface area contributed by atoms with E-state index in [1.165, 1.54) is 0 Å². The fraction of sp³-hybridized carbons (Fsp3) is 0.250. The van der Waals surface area contributed by atoms with Crippen LogP contribution in [-0.2, 0) is 22.6 Å². The number of hydrogen-bond donors (Lipinski definition) is 1. The Hall–Kier alpha value is -2.37. The third-order valence-electron chi connectivity index (χ3n) is 3.94. The molecule has 1 atom stereocenters. The van der Waals surface area contributed by atoms with Crippen molar-refractivity contribution in [1.82, 2.24) is 0 Å². The van der Waals surface area contributed by atoms with Gasteiger partial charge in [0.2, 0.25) is 0 Å². The molecule has 1 heterocycles. The van der Waals surface area contributed by atoms with E-state index in [0.29, 0.717) is 19.6 Å². The minimum Gasteiger partial charge on any atom is -0.488 e. The molecule has 1 N–H and O–H groups in total. The topological polar surface area (TPSA) is 55.8 Å². The van der Waals surface area contributed by atoms with Crippen LogP contribution in [-0.4, -0.2) is 23.8 Å². The molecule has 1 aromatic heterocycles. The molecule has 0 radical (unpaired) electrons. The number of thiophene rings is 1. The van der Waals surface area contributed by atoms with Gasteiger partial charge in [-0.05, 0) is 35.6 Å². The highest BCUT2D eigenvalue weighted by molar-refractivity contribution is 7.17. The van der Waals surface area contributed by atoms with E-state index in [9.17, 15) is 9.90 Å². The Bertz CT molecular complexity index is 841. The monoisotopic (exact) mass is 356 g/mol. The molecule has 25 heavy (non-hydrogen) atoms. The van der Waals surface area contributed by atoms with Crippen LogP contribution in [0.4, 0.5) is 0 Å². The third-order valence-corrected chi connectivity index (χ3v) is 4.93. The average molecular weight is 356 g/mol. The van der Waals surface area contributed by atoms with Crippen molar-refractivity contribution in [2.75, 3.05) is 6.61 Å². The molecule has 0 amide bonds. The van der Waals surface area contributed by atoms with E-state index in [-0.39, 0.29) is 0 Å². The van der Waals surface area contributed by atoms with E-state index in [1.54, 1.807) is 18.3 Å². The van der Waals surface area contributed by atoms with Crippen molar-refractivity contribution >= 4 is 27.4 Å². The Morgan fingerprint density at radius 1 is 1.16 bits per heavy atom. The Labute approximate surface area is 150 Å². The molecule has 130 valence electrons. The van der Waals surface area contributed by atoms with Gasteiger partial charge in [0.1, 0.15) is 12.4 Å². The maximum Gasteiger partial charge on any atom is 0.333 e. The van der Waals surface area contributed by atoms with Gasteiger partial charge in [0.05, 0.1) is 0 Å². The van der Waals surface area contributed by atoms with Gasteiger partial charge in [-0.1, -0.05) is 36.4 Å². The largest absolute Gasteiger partial charge is 0.488 e. The van der Waals surface area contributed by atoms with Gasteiger partial charge >= 0.3 is 5.97 Å². The Morgan fingerprint density at radius 2 is 1.96 bits per heavy atom. The number of fused-ring (bicyclic) bond motifs is 1.